The molecule has 8 heteroatoms. The maximum Gasteiger partial charge on any atom is 0.224 e. The second-order valence-corrected chi connectivity index (χ2v) is 8.08. The average molecular weight is 414 g/mol. The lowest BCUT2D eigenvalue weighted by Gasteiger charge is -2.33. The summed E-state index contributed by atoms with van der Waals surface area (Å²) in [6.07, 6.45) is 5.69. The lowest BCUT2D eigenvalue weighted by molar-refractivity contribution is -0.134. The van der Waals surface area contributed by atoms with Crippen molar-refractivity contribution in [1.29, 1.82) is 0 Å². The molecule has 5 nitrogen and oxygen atoms in total. The molecule has 1 unspecified atom stereocenters. The van der Waals surface area contributed by atoms with Crippen LogP contribution in [0.3, 0.4) is 0 Å². The molecular formula is C17H33Cl2N3O2S. The van der Waals surface area contributed by atoms with Gasteiger partial charge in [0.05, 0.1) is 12.7 Å². The van der Waals surface area contributed by atoms with Crippen molar-refractivity contribution in [2.24, 2.45) is 0 Å². The molecule has 0 aromatic rings. The molecule has 3 aliphatic heterocycles. The summed E-state index contributed by atoms with van der Waals surface area (Å²) in [7, 11) is 0. The van der Waals surface area contributed by atoms with E-state index in [2.05, 4.69) is 10.2 Å². The van der Waals surface area contributed by atoms with E-state index >= 15 is 0 Å². The lowest BCUT2D eigenvalue weighted by Crippen LogP contribution is -2.46. The van der Waals surface area contributed by atoms with E-state index in [-0.39, 0.29) is 24.8 Å². The Morgan fingerprint density at radius 1 is 1.12 bits per heavy atom. The molecule has 0 bridgehead atoms. The summed E-state index contributed by atoms with van der Waals surface area (Å²) in [4.78, 5) is 16.9. The second kappa shape index (κ2) is 12.6. The third-order valence-electron chi connectivity index (χ3n) is 5.17. The highest BCUT2D eigenvalue weighted by Crippen LogP contribution is 2.17. The highest BCUT2D eigenvalue weighted by molar-refractivity contribution is 7.99. The molecule has 1 N–H and O–H groups in total. The fourth-order valence-corrected chi connectivity index (χ4v) is 4.67. The first-order valence-corrected chi connectivity index (χ1v) is 10.4. The molecule has 3 rings (SSSR count). The highest BCUT2D eigenvalue weighted by Gasteiger charge is 2.26. The standard InChI is InChI=1S/C17H31N3O2S.2ClH/c21-17(13-15-14-23-12-5-18-15)20-8-3-16(4-9-20)22-11-10-19-6-1-2-7-19;;/h15-16,18H,1-14H2;2*1H. The van der Waals surface area contributed by atoms with Crippen LogP contribution in [0.2, 0.25) is 0 Å². The molecule has 3 aliphatic rings. The van der Waals surface area contributed by atoms with Crippen LogP contribution in [-0.2, 0) is 9.53 Å². The summed E-state index contributed by atoms with van der Waals surface area (Å²) in [5.74, 6) is 2.56. The first kappa shape index (κ1) is 23.3. The van der Waals surface area contributed by atoms with Crippen LogP contribution in [0.1, 0.15) is 32.1 Å². The van der Waals surface area contributed by atoms with Crippen LogP contribution < -0.4 is 5.32 Å². The minimum atomic E-state index is 0. The Morgan fingerprint density at radius 3 is 2.48 bits per heavy atom. The van der Waals surface area contributed by atoms with Crippen LogP contribution in [0.5, 0.6) is 0 Å². The number of rotatable bonds is 6. The fraction of sp³-hybridized carbons (Fsp3) is 0.941. The van der Waals surface area contributed by atoms with E-state index in [1.807, 2.05) is 16.7 Å². The predicted octanol–water partition coefficient (Wildman–Crippen LogP) is 2.03. The van der Waals surface area contributed by atoms with E-state index in [0.29, 0.717) is 24.5 Å². The topological polar surface area (TPSA) is 44.8 Å². The van der Waals surface area contributed by atoms with Crippen LogP contribution in [0, 0.1) is 0 Å². The number of likely N-dealkylation sites (tertiary alicyclic amines) is 2. The summed E-state index contributed by atoms with van der Waals surface area (Å²) < 4.78 is 6.03. The van der Waals surface area contributed by atoms with Crippen LogP contribution in [-0.4, -0.2) is 85.2 Å². The first-order chi connectivity index (χ1) is 11.3. The molecule has 0 aromatic carbocycles. The van der Waals surface area contributed by atoms with Crippen molar-refractivity contribution >= 4 is 42.5 Å². The highest BCUT2D eigenvalue weighted by atomic mass is 35.5. The van der Waals surface area contributed by atoms with Crippen molar-refractivity contribution in [3.05, 3.63) is 0 Å². The molecule has 148 valence electrons. The van der Waals surface area contributed by atoms with Gasteiger partial charge in [0.15, 0.2) is 0 Å². The Labute approximate surface area is 168 Å². The Bertz CT molecular complexity index is 373. The van der Waals surface area contributed by atoms with E-state index in [1.54, 1.807) is 0 Å². The lowest BCUT2D eigenvalue weighted by atomic mass is 10.1. The van der Waals surface area contributed by atoms with Gasteiger partial charge < -0.3 is 19.9 Å². The van der Waals surface area contributed by atoms with Crippen LogP contribution >= 0.6 is 36.6 Å². The van der Waals surface area contributed by atoms with E-state index in [4.69, 9.17) is 4.74 Å². The molecule has 25 heavy (non-hydrogen) atoms. The number of piperidine rings is 1. The Balaban J connectivity index is 0.00000156. The zero-order valence-electron chi connectivity index (χ0n) is 15.0. The molecule has 0 saturated carbocycles. The molecule has 3 heterocycles. The minimum Gasteiger partial charge on any atom is -0.377 e. The molecule has 3 fully saturated rings. The fourth-order valence-electron chi connectivity index (χ4n) is 3.72. The van der Waals surface area contributed by atoms with Gasteiger partial charge in [0.1, 0.15) is 0 Å². The van der Waals surface area contributed by atoms with Gasteiger partial charge >= 0.3 is 0 Å². The maximum atomic E-state index is 12.4. The van der Waals surface area contributed by atoms with Crippen LogP contribution in [0.25, 0.3) is 0 Å². The number of ether oxygens (including phenoxy) is 1. The van der Waals surface area contributed by atoms with Crippen molar-refractivity contribution in [2.45, 2.75) is 44.2 Å². The van der Waals surface area contributed by atoms with E-state index in [9.17, 15) is 4.79 Å². The summed E-state index contributed by atoms with van der Waals surface area (Å²) in [6.45, 7) is 7.18. The zero-order chi connectivity index (χ0) is 15.9. The first-order valence-electron chi connectivity index (χ1n) is 9.24. The molecular weight excluding hydrogens is 381 g/mol. The number of halogens is 2. The Morgan fingerprint density at radius 2 is 1.84 bits per heavy atom. The summed E-state index contributed by atoms with van der Waals surface area (Å²) in [5.41, 5.74) is 0. The maximum absolute atomic E-state index is 12.4. The largest absolute Gasteiger partial charge is 0.377 e. The number of nitrogens with zero attached hydrogens (tertiary/aromatic N) is 2. The van der Waals surface area contributed by atoms with Crippen LogP contribution in [0.15, 0.2) is 0 Å². The summed E-state index contributed by atoms with van der Waals surface area (Å²) in [6, 6.07) is 0.371. The number of hydrogen-bond donors (Lipinski definition) is 1. The summed E-state index contributed by atoms with van der Waals surface area (Å²) in [5, 5.41) is 3.45. The number of amides is 1. The van der Waals surface area contributed by atoms with Crippen molar-refractivity contribution in [3.63, 3.8) is 0 Å². The van der Waals surface area contributed by atoms with E-state index in [0.717, 1.165) is 51.4 Å². The molecule has 0 aromatic heterocycles. The van der Waals surface area contributed by atoms with Crippen LogP contribution in [0.4, 0.5) is 0 Å². The van der Waals surface area contributed by atoms with Crippen molar-refractivity contribution in [1.82, 2.24) is 15.1 Å². The number of carbonyl (C=O) groups excluding carboxylic acids is 1. The van der Waals surface area contributed by atoms with Gasteiger partial charge in [-0.25, -0.2) is 0 Å². The van der Waals surface area contributed by atoms with Gasteiger partial charge in [0.2, 0.25) is 5.91 Å². The molecule has 0 radical (unpaired) electrons. The van der Waals surface area contributed by atoms with Gasteiger partial charge in [-0.15, -0.1) is 24.8 Å². The molecule has 1 atom stereocenters. The monoisotopic (exact) mass is 413 g/mol. The van der Waals surface area contributed by atoms with Crippen molar-refractivity contribution in [2.75, 3.05) is 57.4 Å². The van der Waals surface area contributed by atoms with Gasteiger partial charge in [0.25, 0.3) is 0 Å². The van der Waals surface area contributed by atoms with Gasteiger partial charge in [-0.05, 0) is 38.8 Å². The Kier molecular flexibility index (Phi) is 11.8. The third kappa shape index (κ3) is 7.81. The summed E-state index contributed by atoms with van der Waals surface area (Å²) >= 11 is 1.95. The normalized spacial score (nSPS) is 25.3. The van der Waals surface area contributed by atoms with Gasteiger partial charge in [-0.1, -0.05) is 0 Å². The minimum absolute atomic E-state index is 0. The average Bonchev–Trinajstić information content (AvgIpc) is 3.10. The zero-order valence-corrected chi connectivity index (χ0v) is 17.4. The molecule has 3 saturated heterocycles. The quantitative estimate of drug-likeness (QED) is 0.721. The SMILES string of the molecule is Cl.Cl.O=C(CC1CSCCN1)N1CCC(OCCN2CCCC2)CC1. The van der Waals surface area contributed by atoms with Crippen molar-refractivity contribution < 1.29 is 9.53 Å². The number of thioether (sulfide) groups is 1. The van der Waals surface area contributed by atoms with Gasteiger partial charge in [0, 0.05) is 50.1 Å². The Hall–Kier alpha value is 0.280. The van der Waals surface area contributed by atoms with E-state index in [1.165, 1.54) is 31.7 Å². The smallest absolute Gasteiger partial charge is 0.224 e. The molecule has 0 spiro atoms. The number of carbonyl (C=O) groups is 1. The van der Waals surface area contributed by atoms with Gasteiger partial charge in [-0.3, -0.25) is 4.79 Å². The molecule has 1 amide bonds. The number of hydrogen-bond acceptors (Lipinski definition) is 5. The van der Waals surface area contributed by atoms with Crippen molar-refractivity contribution in [3.8, 4) is 0 Å². The second-order valence-electron chi connectivity index (χ2n) is 6.93. The number of nitrogens with one attached hydrogen (secondary N) is 1. The van der Waals surface area contributed by atoms with Gasteiger partial charge in [-0.2, -0.15) is 11.8 Å². The van der Waals surface area contributed by atoms with E-state index < -0.39 is 0 Å². The third-order valence-corrected chi connectivity index (χ3v) is 6.30. The predicted molar refractivity (Wildman–Crippen MR) is 109 cm³/mol. The molecule has 0 aliphatic carbocycles.